The molecular formula is C13H16BrN3O3. The van der Waals surface area contributed by atoms with E-state index in [0.717, 1.165) is 19.3 Å². The summed E-state index contributed by atoms with van der Waals surface area (Å²) in [6, 6.07) is 4.61. The number of halogens is 1. The van der Waals surface area contributed by atoms with E-state index in [1.807, 2.05) is 0 Å². The number of nitro groups is 1. The molecular weight excluding hydrogens is 326 g/mol. The van der Waals surface area contributed by atoms with Gasteiger partial charge in [0.05, 0.1) is 9.40 Å². The van der Waals surface area contributed by atoms with Crippen LogP contribution in [0.5, 0.6) is 0 Å². The Kier molecular flexibility index (Phi) is 4.72. The first-order valence-electron chi connectivity index (χ1n) is 6.47. The molecule has 108 valence electrons. The summed E-state index contributed by atoms with van der Waals surface area (Å²) >= 11 is 3.11. The lowest BCUT2D eigenvalue weighted by Crippen LogP contribution is -2.34. The van der Waals surface area contributed by atoms with Crippen molar-refractivity contribution in [2.75, 3.05) is 5.32 Å². The van der Waals surface area contributed by atoms with Crippen LogP contribution in [0.1, 0.15) is 25.7 Å². The normalized spacial score (nSPS) is 22.3. The van der Waals surface area contributed by atoms with Crippen LogP contribution in [0.25, 0.3) is 0 Å². The number of nitrogens with zero attached hydrogens (tertiary/aromatic N) is 1. The maximum absolute atomic E-state index is 12.1. The molecule has 0 saturated heterocycles. The van der Waals surface area contributed by atoms with Crippen molar-refractivity contribution >= 4 is 33.2 Å². The van der Waals surface area contributed by atoms with Crippen molar-refractivity contribution in [1.29, 1.82) is 0 Å². The highest BCUT2D eigenvalue weighted by atomic mass is 79.9. The maximum atomic E-state index is 12.1. The Morgan fingerprint density at radius 3 is 2.85 bits per heavy atom. The molecule has 20 heavy (non-hydrogen) atoms. The predicted octanol–water partition coefficient (Wildman–Crippen LogP) is 2.81. The van der Waals surface area contributed by atoms with Gasteiger partial charge in [0.1, 0.15) is 0 Å². The van der Waals surface area contributed by atoms with Crippen LogP contribution in [-0.4, -0.2) is 16.9 Å². The van der Waals surface area contributed by atoms with Crippen LogP contribution in [0, 0.1) is 16.0 Å². The Morgan fingerprint density at radius 1 is 1.45 bits per heavy atom. The van der Waals surface area contributed by atoms with Crippen molar-refractivity contribution in [3.05, 3.63) is 32.8 Å². The van der Waals surface area contributed by atoms with Gasteiger partial charge >= 0.3 is 0 Å². The number of nitro benzene ring substituents is 1. The number of anilines is 1. The van der Waals surface area contributed by atoms with Crippen LogP contribution in [-0.2, 0) is 4.79 Å². The van der Waals surface area contributed by atoms with Crippen LogP contribution in [0.4, 0.5) is 11.4 Å². The van der Waals surface area contributed by atoms with Crippen molar-refractivity contribution in [2.24, 2.45) is 11.7 Å². The number of benzene rings is 1. The van der Waals surface area contributed by atoms with Crippen LogP contribution in [0.15, 0.2) is 22.7 Å². The number of hydrogen-bond acceptors (Lipinski definition) is 4. The van der Waals surface area contributed by atoms with Crippen molar-refractivity contribution in [1.82, 2.24) is 0 Å². The Labute approximate surface area is 125 Å². The fourth-order valence-electron chi connectivity index (χ4n) is 2.44. The van der Waals surface area contributed by atoms with E-state index in [1.165, 1.54) is 6.07 Å². The highest BCUT2D eigenvalue weighted by Crippen LogP contribution is 2.29. The second-order valence-corrected chi connectivity index (χ2v) is 5.89. The summed E-state index contributed by atoms with van der Waals surface area (Å²) in [5.74, 6) is -0.224. The highest BCUT2D eigenvalue weighted by molar-refractivity contribution is 9.10. The Bertz CT molecular complexity index is 536. The molecule has 2 unspecified atom stereocenters. The first-order valence-corrected chi connectivity index (χ1v) is 7.27. The molecule has 1 aliphatic rings. The summed E-state index contributed by atoms with van der Waals surface area (Å²) in [4.78, 5) is 22.5. The van der Waals surface area contributed by atoms with Gasteiger partial charge in [0.15, 0.2) is 0 Å². The molecule has 1 aromatic rings. The fourth-order valence-corrected chi connectivity index (χ4v) is 2.83. The summed E-state index contributed by atoms with van der Waals surface area (Å²) in [6.07, 6.45) is 3.38. The van der Waals surface area contributed by atoms with E-state index in [1.54, 1.807) is 12.1 Å². The number of amides is 1. The third-order valence-corrected chi connectivity index (χ3v) is 4.17. The fraction of sp³-hybridized carbons (Fsp3) is 0.462. The monoisotopic (exact) mass is 341 g/mol. The third kappa shape index (κ3) is 3.55. The van der Waals surface area contributed by atoms with E-state index in [9.17, 15) is 14.9 Å². The standard InChI is InChI=1S/C13H16BrN3O3/c14-11-5-4-10(7-12(11)17(19)20)16-13(18)8-2-1-3-9(15)6-8/h4-5,7-9H,1-3,6,15H2,(H,16,18). The van der Waals surface area contributed by atoms with E-state index < -0.39 is 4.92 Å². The van der Waals surface area contributed by atoms with E-state index in [4.69, 9.17) is 5.73 Å². The van der Waals surface area contributed by atoms with E-state index in [-0.39, 0.29) is 23.6 Å². The second-order valence-electron chi connectivity index (χ2n) is 5.04. The van der Waals surface area contributed by atoms with Gasteiger partial charge in [0.25, 0.3) is 5.69 Å². The topological polar surface area (TPSA) is 98.3 Å². The third-order valence-electron chi connectivity index (χ3n) is 3.50. The maximum Gasteiger partial charge on any atom is 0.285 e. The molecule has 1 aliphatic carbocycles. The Hall–Kier alpha value is -1.47. The molecule has 1 saturated carbocycles. The molecule has 1 aromatic carbocycles. The van der Waals surface area contributed by atoms with Gasteiger partial charge in [-0.3, -0.25) is 14.9 Å². The molecule has 0 spiro atoms. The molecule has 0 aromatic heterocycles. The first kappa shape index (κ1) is 14.9. The summed E-state index contributed by atoms with van der Waals surface area (Å²) in [5, 5.41) is 13.6. The molecule has 2 atom stereocenters. The summed E-state index contributed by atoms with van der Waals surface area (Å²) in [6.45, 7) is 0. The molecule has 0 aliphatic heterocycles. The summed E-state index contributed by atoms with van der Waals surface area (Å²) in [7, 11) is 0. The molecule has 1 fully saturated rings. The van der Waals surface area contributed by atoms with Gasteiger partial charge in [0.2, 0.25) is 5.91 Å². The number of carbonyl (C=O) groups is 1. The number of carbonyl (C=O) groups excluding carboxylic acids is 1. The lowest BCUT2D eigenvalue weighted by molar-refractivity contribution is -0.385. The lowest BCUT2D eigenvalue weighted by Gasteiger charge is -2.25. The molecule has 0 radical (unpaired) electrons. The lowest BCUT2D eigenvalue weighted by atomic mass is 9.85. The van der Waals surface area contributed by atoms with Crippen LogP contribution in [0.2, 0.25) is 0 Å². The first-order chi connectivity index (χ1) is 9.47. The molecule has 7 heteroatoms. The number of nitrogens with two attached hydrogens (primary N) is 1. The summed E-state index contributed by atoms with van der Waals surface area (Å²) < 4.78 is 0.389. The minimum absolute atomic E-state index is 0.0665. The van der Waals surface area contributed by atoms with Crippen molar-refractivity contribution < 1.29 is 9.72 Å². The van der Waals surface area contributed by atoms with Crippen molar-refractivity contribution in [2.45, 2.75) is 31.7 Å². The van der Waals surface area contributed by atoms with Crippen molar-refractivity contribution in [3.8, 4) is 0 Å². The molecule has 1 amide bonds. The zero-order valence-electron chi connectivity index (χ0n) is 10.8. The van der Waals surface area contributed by atoms with Gasteiger partial charge in [-0.2, -0.15) is 0 Å². The van der Waals surface area contributed by atoms with Gasteiger partial charge < -0.3 is 11.1 Å². The SMILES string of the molecule is NC1CCCC(C(=O)Nc2ccc(Br)c([N+](=O)[O-])c2)C1. The van der Waals surface area contributed by atoms with Crippen LogP contribution in [0.3, 0.4) is 0 Å². The smallest absolute Gasteiger partial charge is 0.285 e. The molecule has 2 rings (SSSR count). The highest BCUT2D eigenvalue weighted by Gasteiger charge is 2.25. The quantitative estimate of drug-likeness (QED) is 0.652. The zero-order chi connectivity index (χ0) is 14.7. The van der Waals surface area contributed by atoms with Crippen molar-refractivity contribution in [3.63, 3.8) is 0 Å². The number of rotatable bonds is 3. The number of nitrogens with one attached hydrogen (secondary N) is 1. The Balaban J connectivity index is 2.07. The van der Waals surface area contributed by atoms with Gasteiger partial charge in [0, 0.05) is 23.7 Å². The van der Waals surface area contributed by atoms with Gasteiger partial charge in [-0.1, -0.05) is 6.42 Å². The van der Waals surface area contributed by atoms with Crippen LogP contribution >= 0.6 is 15.9 Å². The largest absolute Gasteiger partial charge is 0.328 e. The van der Waals surface area contributed by atoms with E-state index in [2.05, 4.69) is 21.2 Å². The average molecular weight is 342 g/mol. The number of hydrogen-bond donors (Lipinski definition) is 2. The predicted molar refractivity (Wildman–Crippen MR) is 79.4 cm³/mol. The van der Waals surface area contributed by atoms with E-state index >= 15 is 0 Å². The molecule has 6 nitrogen and oxygen atoms in total. The van der Waals surface area contributed by atoms with Gasteiger partial charge in [-0.25, -0.2) is 0 Å². The molecule has 0 bridgehead atoms. The van der Waals surface area contributed by atoms with E-state index in [0.29, 0.717) is 16.6 Å². The van der Waals surface area contributed by atoms with Crippen LogP contribution < -0.4 is 11.1 Å². The van der Waals surface area contributed by atoms with Gasteiger partial charge in [-0.15, -0.1) is 0 Å². The summed E-state index contributed by atoms with van der Waals surface area (Å²) in [5.41, 5.74) is 6.23. The average Bonchev–Trinajstić information content (AvgIpc) is 2.40. The second kappa shape index (κ2) is 6.32. The minimum atomic E-state index is -0.490. The zero-order valence-corrected chi connectivity index (χ0v) is 12.4. The van der Waals surface area contributed by atoms with Gasteiger partial charge in [-0.05, 0) is 47.3 Å². The Morgan fingerprint density at radius 2 is 2.20 bits per heavy atom. The molecule has 3 N–H and O–H groups in total. The molecule has 0 heterocycles. The minimum Gasteiger partial charge on any atom is -0.328 e.